The van der Waals surface area contributed by atoms with Gasteiger partial charge in [0.1, 0.15) is 23.0 Å². The molecule has 1 N–H and O–H groups in total. The van der Waals surface area contributed by atoms with Crippen LogP contribution in [0.3, 0.4) is 0 Å². The number of rotatable bonds is 2. The van der Waals surface area contributed by atoms with Crippen molar-refractivity contribution in [2.24, 2.45) is 0 Å². The fourth-order valence-electron chi connectivity index (χ4n) is 6.63. The molecule has 0 atom stereocenters. The second kappa shape index (κ2) is 10.5. The highest BCUT2D eigenvalue weighted by Crippen LogP contribution is 2.53. The normalized spacial score (nSPS) is 14.2. The number of aryl methyl sites for hydroxylation is 4. The lowest BCUT2D eigenvalue weighted by Crippen LogP contribution is -2.30. The molecule has 0 aliphatic carbocycles. The topological polar surface area (TPSA) is 39.7 Å². The summed E-state index contributed by atoms with van der Waals surface area (Å²) in [6.45, 7) is 8.59. The van der Waals surface area contributed by atoms with Gasteiger partial charge < -0.3 is 19.5 Å². The molecule has 0 amide bonds. The van der Waals surface area contributed by atoms with Crippen molar-refractivity contribution in [2.45, 2.75) is 27.7 Å². The van der Waals surface area contributed by atoms with Crippen molar-refractivity contribution >= 4 is 59.0 Å². The molecule has 0 saturated heterocycles. The molecule has 3 heterocycles. The molecule has 6 aromatic carbocycles. The molecule has 9 rings (SSSR count). The quantitative estimate of drug-likeness (QED) is 0.194. The van der Waals surface area contributed by atoms with E-state index in [1.807, 2.05) is 0 Å². The summed E-state index contributed by atoms with van der Waals surface area (Å²) in [5, 5.41) is 11.0. The Morgan fingerprint density at radius 1 is 0.391 bits per heavy atom. The monoisotopic (exact) mass is 635 g/mol. The van der Waals surface area contributed by atoms with Gasteiger partial charge in [0.15, 0.2) is 11.5 Å². The highest BCUT2D eigenvalue weighted by atomic mass is 31.1. The zero-order valence-corrected chi connectivity index (χ0v) is 27.8. The maximum absolute atomic E-state index is 7.22. The first-order valence-corrected chi connectivity index (χ1v) is 18.2. The molecular formula is C40H31NO3P2. The molecule has 0 aromatic heterocycles. The van der Waals surface area contributed by atoms with Gasteiger partial charge in [0.05, 0.1) is 11.4 Å². The van der Waals surface area contributed by atoms with Crippen LogP contribution in [0, 0.1) is 27.7 Å². The lowest BCUT2D eigenvalue weighted by Gasteiger charge is -2.34. The van der Waals surface area contributed by atoms with Crippen LogP contribution in [0.1, 0.15) is 22.3 Å². The Bertz CT molecular complexity index is 1980. The Morgan fingerprint density at radius 3 is 1.09 bits per heavy atom. The predicted octanol–water partition coefficient (Wildman–Crippen LogP) is 8.50. The van der Waals surface area contributed by atoms with Gasteiger partial charge in [0, 0.05) is 31.8 Å². The number of hydrogen-bond donors (Lipinski definition) is 1. The van der Waals surface area contributed by atoms with Crippen LogP contribution < -0.4 is 51.4 Å². The molecule has 0 unspecified atom stereocenters. The summed E-state index contributed by atoms with van der Waals surface area (Å²) in [5.74, 6) is 5.43. The van der Waals surface area contributed by atoms with E-state index < -0.39 is 15.8 Å². The molecule has 0 bridgehead atoms. The van der Waals surface area contributed by atoms with Crippen LogP contribution in [0.2, 0.25) is 0 Å². The molecule has 0 fully saturated rings. The van der Waals surface area contributed by atoms with Crippen LogP contribution in [-0.2, 0) is 0 Å². The maximum atomic E-state index is 7.22. The average molecular weight is 636 g/mol. The third-order valence-electron chi connectivity index (χ3n) is 8.80. The van der Waals surface area contributed by atoms with E-state index in [4.69, 9.17) is 14.2 Å². The molecular weight excluding hydrogens is 604 g/mol. The standard InChI is InChI=1S/C40H31NO3P2/c1-23-11-15-29-35(19-23)45(36-20-24(2)12-16-30(36)42-29)33-9-5-7-27-39(33)44-40-28(41-27)8-6-10-34(40)46-37-21-25(3)13-17-31(37)43-32-18-14-26(4)22-38(32)46/h5-22,41H,1-4H3. The summed E-state index contributed by atoms with van der Waals surface area (Å²) >= 11 is 0. The van der Waals surface area contributed by atoms with Gasteiger partial charge in [-0.3, -0.25) is 0 Å². The fraction of sp³-hybridized carbons (Fsp3) is 0.100. The van der Waals surface area contributed by atoms with Crippen molar-refractivity contribution in [1.82, 2.24) is 0 Å². The van der Waals surface area contributed by atoms with Crippen molar-refractivity contribution < 1.29 is 14.2 Å². The van der Waals surface area contributed by atoms with Gasteiger partial charge in [0.25, 0.3) is 0 Å². The number of ether oxygens (including phenoxy) is 3. The zero-order chi connectivity index (χ0) is 31.1. The molecule has 3 aliphatic rings. The molecule has 0 spiro atoms. The second-order valence-electron chi connectivity index (χ2n) is 12.3. The maximum Gasteiger partial charge on any atom is 0.159 e. The van der Waals surface area contributed by atoms with E-state index in [1.165, 1.54) is 54.1 Å². The lowest BCUT2D eigenvalue weighted by molar-refractivity contribution is 0.486. The van der Waals surface area contributed by atoms with E-state index in [-0.39, 0.29) is 0 Å². The van der Waals surface area contributed by atoms with Gasteiger partial charge in [-0.2, -0.15) is 0 Å². The molecule has 3 aliphatic heterocycles. The van der Waals surface area contributed by atoms with E-state index in [1.54, 1.807) is 0 Å². The largest absolute Gasteiger partial charge is 0.456 e. The fourth-order valence-corrected chi connectivity index (χ4v) is 12.1. The van der Waals surface area contributed by atoms with Gasteiger partial charge in [0.2, 0.25) is 0 Å². The zero-order valence-electron chi connectivity index (χ0n) is 26.0. The molecule has 0 radical (unpaired) electrons. The van der Waals surface area contributed by atoms with Crippen molar-refractivity contribution in [1.29, 1.82) is 0 Å². The van der Waals surface area contributed by atoms with Crippen LogP contribution in [0.25, 0.3) is 0 Å². The third kappa shape index (κ3) is 4.36. The number of para-hydroxylation sites is 2. The van der Waals surface area contributed by atoms with Gasteiger partial charge in [-0.1, -0.05) is 58.7 Å². The number of anilines is 2. The number of hydrogen-bond acceptors (Lipinski definition) is 4. The first-order valence-electron chi connectivity index (χ1n) is 15.5. The Kier molecular flexibility index (Phi) is 6.29. The summed E-state index contributed by atoms with van der Waals surface area (Å²) in [5.41, 5.74) is 6.82. The summed E-state index contributed by atoms with van der Waals surface area (Å²) in [6, 6.07) is 39.1. The van der Waals surface area contributed by atoms with Crippen LogP contribution >= 0.6 is 15.8 Å². The number of fused-ring (bicyclic) bond motifs is 6. The van der Waals surface area contributed by atoms with Crippen molar-refractivity contribution in [3.05, 3.63) is 131 Å². The van der Waals surface area contributed by atoms with E-state index in [0.29, 0.717) is 0 Å². The predicted molar refractivity (Wildman–Crippen MR) is 193 cm³/mol. The molecule has 6 heteroatoms. The summed E-state index contributed by atoms with van der Waals surface area (Å²) in [4.78, 5) is 0. The highest BCUT2D eigenvalue weighted by Gasteiger charge is 2.36. The van der Waals surface area contributed by atoms with Crippen molar-refractivity contribution in [2.75, 3.05) is 5.32 Å². The van der Waals surface area contributed by atoms with Crippen LogP contribution in [-0.4, -0.2) is 0 Å². The Balaban J connectivity index is 1.24. The highest BCUT2D eigenvalue weighted by molar-refractivity contribution is 7.81. The first-order chi connectivity index (χ1) is 22.4. The van der Waals surface area contributed by atoms with Gasteiger partial charge in [-0.15, -0.1) is 0 Å². The van der Waals surface area contributed by atoms with Crippen LogP contribution in [0.15, 0.2) is 109 Å². The van der Waals surface area contributed by atoms with E-state index in [2.05, 4.69) is 142 Å². The summed E-state index contributed by atoms with van der Waals surface area (Å²) in [7, 11) is -1.91. The minimum Gasteiger partial charge on any atom is -0.456 e. The van der Waals surface area contributed by atoms with E-state index in [9.17, 15) is 0 Å². The Labute approximate surface area is 271 Å². The first kappa shape index (κ1) is 27.7. The average Bonchev–Trinajstić information content (AvgIpc) is 3.05. The van der Waals surface area contributed by atoms with E-state index in [0.717, 1.165) is 45.9 Å². The minimum atomic E-state index is -0.957. The molecule has 4 nitrogen and oxygen atoms in total. The third-order valence-corrected chi connectivity index (χ3v) is 13.8. The molecule has 0 saturated carbocycles. The number of benzene rings is 6. The van der Waals surface area contributed by atoms with Gasteiger partial charge in [-0.05, 0) is 116 Å². The minimum absolute atomic E-state index is 0.882. The van der Waals surface area contributed by atoms with Crippen molar-refractivity contribution in [3.8, 4) is 34.5 Å². The SMILES string of the molecule is Cc1ccc2c(c1)P(c1cccc3c1Oc1c(cccc1P1c4cc(C)ccc4Oc4ccc(C)cc41)N3)c1cc(C)ccc1O2. The Hall–Kier alpha value is -4.62. The van der Waals surface area contributed by atoms with Gasteiger partial charge in [-0.25, -0.2) is 0 Å². The lowest BCUT2D eigenvalue weighted by atomic mass is 10.2. The Morgan fingerprint density at radius 2 is 0.739 bits per heavy atom. The van der Waals surface area contributed by atoms with E-state index >= 15 is 0 Å². The molecule has 46 heavy (non-hydrogen) atoms. The summed E-state index contributed by atoms with van der Waals surface area (Å²) in [6.07, 6.45) is 0. The smallest absolute Gasteiger partial charge is 0.159 e. The van der Waals surface area contributed by atoms with Crippen LogP contribution in [0.5, 0.6) is 34.5 Å². The molecule has 6 aromatic rings. The van der Waals surface area contributed by atoms with Gasteiger partial charge >= 0.3 is 0 Å². The second-order valence-corrected chi connectivity index (χ2v) is 16.5. The molecule has 224 valence electrons. The summed E-state index contributed by atoms with van der Waals surface area (Å²) < 4.78 is 20.2. The van der Waals surface area contributed by atoms with Crippen LogP contribution in [0.4, 0.5) is 11.4 Å². The number of nitrogens with one attached hydrogen (secondary N) is 1. The van der Waals surface area contributed by atoms with Crippen molar-refractivity contribution in [3.63, 3.8) is 0 Å².